The molecule has 0 radical (unpaired) electrons. The number of hydrogen-bond acceptors (Lipinski definition) is 3. The highest BCUT2D eigenvalue weighted by molar-refractivity contribution is 5.52. The van der Waals surface area contributed by atoms with Crippen LogP contribution in [0.2, 0.25) is 0 Å². The van der Waals surface area contributed by atoms with Crippen molar-refractivity contribution in [1.82, 2.24) is 20.1 Å². The van der Waals surface area contributed by atoms with Crippen LogP contribution in [0.5, 0.6) is 0 Å². The van der Waals surface area contributed by atoms with Gasteiger partial charge in [-0.2, -0.15) is 5.10 Å². The van der Waals surface area contributed by atoms with Gasteiger partial charge in [-0.3, -0.25) is 10.1 Å². The molecule has 0 saturated carbocycles. The summed E-state index contributed by atoms with van der Waals surface area (Å²) in [5, 5.41) is 6.89. The van der Waals surface area contributed by atoms with Crippen LogP contribution in [-0.4, -0.2) is 40.2 Å². The van der Waals surface area contributed by atoms with E-state index in [-0.39, 0.29) is 0 Å². The van der Waals surface area contributed by atoms with Crippen molar-refractivity contribution in [3.05, 3.63) is 36.2 Å². The molecule has 0 aromatic carbocycles. The summed E-state index contributed by atoms with van der Waals surface area (Å²) in [6, 6.07) is 6.22. The first-order chi connectivity index (χ1) is 9.31. The van der Waals surface area contributed by atoms with E-state index in [0.717, 1.165) is 23.7 Å². The Labute approximate surface area is 113 Å². The van der Waals surface area contributed by atoms with E-state index in [1.165, 1.54) is 31.5 Å². The zero-order valence-electron chi connectivity index (χ0n) is 11.3. The molecule has 0 aliphatic carbocycles. The summed E-state index contributed by atoms with van der Waals surface area (Å²) in [7, 11) is 2.21. The summed E-state index contributed by atoms with van der Waals surface area (Å²) in [5.41, 5.74) is 3.29. The molecule has 3 heterocycles. The van der Waals surface area contributed by atoms with E-state index in [9.17, 15) is 0 Å². The maximum atomic E-state index is 4.52. The molecule has 1 saturated heterocycles. The molecule has 1 fully saturated rings. The van der Waals surface area contributed by atoms with Gasteiger partial charge in [-0.15, -0.1) is 0 Å². The zero-order chi connectivity index (χ0) is 13.1. The van der Waals surface area contributed by atoms with Crippen molar-refractivity contribution >= 4 is 0 Å². The summed E-state index contributed by atoms with van der Waals surface area (Å²) < 4.78 is 0. The van der Waals surface area contributed by atoms with Crippen molar-refractivity contribution in [2.24, 2.45) is 5.92 Å². The lowest BCUT2D eigenvalue weighted by atomic mass is 9.91. The van der Waals surface area contributed by atoms with E-state index in [0.29, 0.717) is 0 Å². The first-order valence-corrected chi connectivity index (χ1v) is 6.94. The molecule has 3 rings (SSSR count). The van der Waals surface area contributed by atoms with Gasteiger partial charge in [0, 0.05) is 12.4 Å². The molecule has 2 aromatic rings. The van der Waals surface area contributed by atoms with E-state index < -0.39 is 0 Å². The maximum absolute atomic E-state index is 4.52. The van der Waals surface area contributed by atoms with Crippen LogP contribution in [0.1, 0.15) is 18.4 Å². The third-order valence-corrected chi connectivity index (χ3v) is 3.96. The maximum Gasteiger partial charge on any atom is 0.0880 e. The second-order valence-corrected chi connectivity index (χ2v) is 5.47. The number of piperidine rings is 1. The van der Waals surface area contributed by atoms with E-state index >= 15 is 0 Å². The summed E-state index contributed by atoms with van der Waals surface area (Å²) in [5.74, 6) is 0.816. The average molecular weight is 256 g/mol. The van der Waals surface area contributed by atoms with Crippen LogP contribution in [-0.2, 0) is 6.42 Å². The van der Waals surface area contributed by atoms with Gasteiger partial charge in [0.15, 0.2) is 0 Å². The van der Waals surface area contributed by atoms with Crippen LogP contribution in [0.4, 0.5) is 0 Å². The number of aromatic nitrogens is 3. The SMILES string of the molecule is CN1CCC(Cc2ccc(-c3ccn[nH]3)nc2)CC1. The number of nitrogens with one attached hydrogen (secondary N) is 1. The highest BCUT2D eigenvalue weighted by Gasteiger charge is 2.17. The Morgan fingerprint density at radius 3 is 2.74 bits per heavy atom. The molecule has 0 amide bonds. The van der Waals surface area contributed by atoms with Crippen molar-refractivity contribution in [2.75, 3.05) is 20.1 Å². The molecule has 1 aliphatic heterocycles. The number of H-pyrrole nitrogens is 1. The van der Waals surface area contributed by atoms with Crippen molar-refractivity contribution in [2.45, 2.75) is 19.3 Å². The van der Waals surface area contributed by atoms with Crippen LogP contribution in [0, 0.1) is 5.92 Å². The van der Waals surface area contributed by atoms with E-state index in [1.54, 1.807) is 6.20 Å². The predicted molar refractivity (Wildman–Crippen MR) is 75.7 cm³/mol. The number of rotatable bonds is 3. The van der Waals surface area contributed by atoms with Gasteiger partial charge < -0.3 is 4.90 Å². The van der Waals surface area contributed by atoms with E-state index in [4.69, 9.17) is 0 Å². The fourth-order valence-electron chi connectivity index (χ4n) is 2.70. The summed E-state index contributed by atoms with van der Waals surface area (Å²) in [4.78, 5) is 6.93. The van der Waals surface area contributed by atoms with Crippen LogP contribution < -0.4 is 0 Å². The largest absolute Gasteiger partial charge is 0.306 e. The Morgan fingerprint density at radius 2 is 2.11 bits per heavy atom. The molecule has 0 spiro atoms. The van der Waals surface area contributed by atoms with Gasteiger partial charge in [0.1, 0.15) is 0 Å². The molecule has 4 heteroatoms. The van der Waals surface area contributed by atoms with Crippen LogP contribution in [0.25, 0.3) is 11.4 Å². The molecule has 1 N–H and O–H groups in total. The van der Waals surface area contributed by atoms with Gasteiger partial charge in [-0.05, 0) is 63.0 Å². The predicted octanol–water partition coefficient (Wildman–Crippen LogP) is 2.36. The van der Waals surface area contributed by atoms with Crippen LogP contribution in [0.15, 0.2) is 30.6 Å². The highest BCUT2D eigenvalue weighted by Crippen LogP contribution is 2.21. The van der Waals surface area contributed by atoms with E-state index in [2.05, 4.69) is 39.3 Å². The lowest BCUT2D eigenvalue weighted by Crippen LogP contribution is -2.30. The Morgan fingerprint density at radius 1 is 1.26 bits per heavy atom. The van der Waals surface area contributed by atoms with Crippen molar-refractivity contribution < 1.29 is 0 Å². The number of likely N-dealkylation sites (tertiary alicyclic amines) is 1. The van der Waals surface area contributed by atoms with Gasteiger partial charge in [0.25, 0.3) is 0 Å². The summed E-state index contributed by atoms with van der Waals surface area (Å²) >= 11 is 0. The molecule has 2 aromatic heterocycles. The standard InChI is InChI=1S/C15H20N4/c1-19-8-5-12(6-9-19)10-13-2-3-14(16-11-13)15-4-7-17-18-15/h2-4,7,11-12H,5-6,8-10H2,1H3,(H,17,18). The third kappa shape index (κ3) is 3.01. The third-order valence-electron chi connectivity index (χ3n) is 3.96. The molecule has 100 valence electrons. The second-order valence-electron chi connectivity index (χ2n) is 5.47. The molecule has 1 aliphatic rings. The number of hydrogen-bond donors (Lipinski definition) is 1. The normalized spacial score (nSPS) is 17.7. The van der Waals surface area contributed by atoms with Gasteiger partial charge in [0.2, 0.25) is 0 Å². The monoisotopic (exact) mass is 256 g/mol. The smallest absolute Gasteiger partial charge is 0.0880 e. The molecule has 19 heavy (non-hydrogen) atoms. The fourth-order valence-corrected chi connectivity index (χ4v) is 2.70. The summed E-state index contributed by atoms with van der Waals surface area (Å²) in [6.45, 7) is 2.45. The molecular formula is C15H20N4. The van der Waals surface area contributed by atoms with Gasteiger partial charge >= 0.3 is 0 Å². The first kappa shape index (κ1) is 12.4. The Kier molecular flexibility index (Phi) is 3.60. The molecule has 0 unspecified atom stereocenters. The quantitative estimate of drug-likeness (QED) is 0.917. The van der Waals surface area contributed by atoms with Crippen molar-refractivity contribution in [1.29, 1.82) is 0 Å². The van der Waals surface area contributed by atoms with Gasteiger partial charge in [-0.1, -0.05) is 6.07 Å². The molecule has 4 nitrogen and oxygen atoms in total. The number of nitrogens with zero attached hydrogens (tertiary/aromatic N) is 3. The first-order valence-electron chi connectivity index (χ1n) is 6.94. The highest BCUT2D eigenvalue weighted by atomic mass is 15.1. The molecular weight excluding hydrogens is 236 g/mol. The minimum Gasteiger partial charge on any atom is -0.306 e. The van der Waals surface area contributed by atoms with Gasteiger partial charge in [-0.25, -0.2) is 0 Å². The lowest BCUT2D eigenvalue weighted by molar-refractivity contribution is 0.219. The number of aromatic amines is 1. The Balaban J connectivity index is 1.63. The summed E-state index contributed by atoms with van der Waals surface area (Å²) in [6.07, 6.45) is 7.53. The van der Waals surface area contributed by atoms with Crippen LogP contribution >= 0.6 is 0 Å². The second kappa shape index (κ2) is 5.53. The van der Waals surface area contributed by atoms with Crippen molar-refractivity contribution in [3.63, 3.8) is 0 Å². The molecule has 0 atom stereocenters. The van der Waals surface area contributed by atoms with Crippen molar-refractivity contribution in [3.8, 4) is 11.4 Å². The Bertz CT molecular complexity index is 495. The number of pyridine rings is 1. The minimum atomic E-state index is 0.816. The van der Waals surface area contributed by atoms with Gasteiger partial charge in [0.05, 0.1) is 11.4 Å². The topological polar surface area (TPSA) is 44.8 Å². The van der Waals surface area contributed by atoms with E-state index in [1.807, 2.05) is 12.3 Å². The fraction of sp³-hybridized carbons (Fsp3) is 0.467. The lowest BCUT2D eigenvalue weighted by Gasteiger charge is -2.28. The van der Waals surface area contributed by atoms with Crippen LogP contribution in [0.3, 0.4) is 0 Å². The molecule has 0 bridgehead atoms. The average Bonchev–Trinajstić information content (AvgIpc) is 2.96. The zero-order valence-corrected chi connectivity index (χ0v) is 11.3. The minimum absolute atomic E-state index is 0.816. The Hall–Kier alpha value is -1.68.